The number of ether oxygens (including phenoxy) is 2. The molecule has 126 valence electrons. The molecule has 3 rings (SSSR count). The Morgan fingerprint density at radius 1 is 1.04 bits per heavy atom. The molecule has 1 amide bonds. The van der Waals surface area contributed by atoms with Gasteiger partial charge in [0.1, 0.15) is 18.1 Å². The van der Waals surface area contributed by atoms with Crippen LogP contribution in [-0.2, 0) is 11.4 Å². The Balaban J connectivity index is 1.41. The highest BCUT2D eigenvalue weighted by atomic mass is 16.5. The minimum absolute atomic E-state index is 0.0429. The van der Waals surface area contributed by atoms with Crippen molar-refractivity contribution in [3.8, 4) is 11.5 Å². The van der Waals surface area contributed by atoms with Crippen LogP contribution in [0.2, 0.25) is 0 Å². The van der Waals surface area contributed by atoms with Gasteiger partial charge in [0.05, 0.1) is 0 Å². The lowest BCUT2D eigenvalue weighted by Crippen LogP contribution is -2.37. The molecule has 0 aromatic heterocycles. The van der Waals surface area contributed by atoms with E-state index in [2.05, 4.69) is 12.2 Å². The molecule has 0 aliphatic heterocycles. The van der Waals surface area contributed by atoms with E-state index in [-0.39, 0.29) is 18.6 Å². The molecule has 1 unspecified atom stereocenters. The molecule has 1 saturated carbocycles. The minimum atomic E-state index is -0.0706. The van der Waals surface area contributed by atoms with Crippen molar-refractivity contribution in [2.45, 2.75) is 32.4 Å². The van der Waals surface area contributed by atoms with Crippen molar-refractivity contribution in [2.24, 2.45) is 5.92 Å². The van der Waals surface area contributed by atoms with Crippen LogP contribution in [-0.4, -0.2) is 18.6 Å². The highest BCUT2D eigenvalue weighted by Gasteiger charge is 2.28. The van der Waals surface area contributed by atoms with Gasteiger partial charge in [-0.05, 0) is 55.5 Å². The summed E-state index contributed by atoms with van der Waals surface area (Å²) in [7, 11) is 0. The smallest absolute Gasteiger partial charge is 0.258 e. The molecule has 0 saturated heterocycles. The van der Waals surface area contributed by atoms with Crippen LogP contribution in [0, 0.1) is 5.92 Å². The van der Waals surface area contributed by atoms with Gasteiger partial charge in [-0.1, -0.05) is 30.3 Å². The zero-order valence-electron chi connectivity index (χ0n) is 13.9. The zero-order chi connectivity index (χ0) is 16.8. The quantitative estimate of drug-likeness (QED) is 0.807. The van der Waals surface area contributed by atoms with Crippen LogP contribution in [0.25, 0.3) is 0 Å². The first-order valence-corrected chi connectivity index (χ1v) is 8.39. The van der Waals surface area contributed by atoms with Crippen molar-refractivity contribution in [2.75, 3.05) is 6.61 Å². The van der Waals surface area contributed by atoms with E-state index in [0.717, 1.165) is 11.3 Å². The van der Waals surface area contributed by atoms with Crippen molar-refractivity contribution in [3.63, 3.8) is 0 Å². The molecule has 0 spiro atoms. The number of hydrogen-bond donors (Lipinski definition) is 1. The average Bonchev–Trinajstić information content (AvgIpc) is 3.45. The SMILES string of the molecule is CC(NC(=O)COc1ccc(OCc2ccccc2)cc1)C1CC1. The third-order valence-electron chi connectivity index (χ3n) is 4.16. The molecule has 1 fully saturated rings. The standard InChI is InChI=1S/C20H23NO3/c1-15(17-7-8-17)21-20(22)14-24-19-11-9-18(10-12-19)23-13-16-5-3-2-4-6-16/h2-6,9-12,15,17H,7-8,13-14H2,1H3,(H,21,22). The van der Waals surface area contributed by atoms with E-state index >= 15 is 0 Å². The van der Waals surface area contributed by atoms with Crippen molar-refractivity contribution in [3.05, 3.63) is 60.2 Å². The maximum atomic E-state index is 11.8. The Labute approximate surface area is 142 Å². The van der Waals surface area contributed by atoms with E-state index in [1.54, 1.807) is 0 Å². The largest absolute Gasteiger partial charge is 0.489 e. The molecule has 2 aromatic carbocycles. The van der Waals surface area contributed by atoms with Crippen molar-refractivity contribution in [1.29, 1.82) is 0 Å². The Bertz CT molecular complexity index is 650. The molecule has 0 bridgehead atoms. The van der Waals surface area contributed by atoms with Crippen molar-refractivity contribution < 1.29 is 14.3 Å². The molecular formula is C20H23NO3. The van der Waals surface area contributed by atoms with Gasteiger partial charge in [-0.25, -0.2) is 0 Å². The third-order valence-corrected chi connectivity index (χ3v) is 4.16. The fraction of sp³-hybridized carbons (Fsp3) is 0.350. The molecule has 4 nitrogen and oxygen atoms in total. The average molecular weight is 325 g/mol. The van der Waals surface area contributed by atoms with Gasteiger partial charge in [0.15, 0.2) is 6.61 Å². The van der Waals surface area contributed by atoms with E-state index in [1.807, 2.05) is 54.6 Å². The fourth-order valence-corrected chi connectivity index (χ4v) is 2.53. The van der Waals surface area contributed by atoms with Gasteiger partial charge in [-0.15, -0.1) is 0 Å². The second-order valence-electron chi connectivity index (χ2n) is 6.23. The minimum Gasteiger partial charge on any atom is -0.489 e. The monoisotopic (exact) mass is 325 g/mol. The maximum Gasteiger partial charge on any atom is 0.258 e. The second-order valence-corrected chi connectivity index (χ2v) is 6.23. The second kappa shape index (κ2) is 7.86. The van der Waals surface area contributed by atoms with Crippen LogP contribution in [0.4, 0.5) is 0 Å². The number of amides is 1. The summed E-state index contributed by atoms with van der Waals surface area (Å²) in [6, 6.07) is 17.6. The number of nitrogens with one attached hydrogen (secondary N) is 1. The summed E-state index contributed by atoms with van der Waals surface area (Å²) in [5, 5.41) is 2.97. The molecular weight excluding hydrogens is 302 g/mol. The van der Waals surface area contributed by atoms with E-state index in [0.29, 0.717) is 18.3 Å². The summed E-state index contributed by atoms with van der Waals surface area (Å²) < 4.78 is 11.2. The Hall–Kier alpha value is -2.49. The third kappa shape index (κ3) is 5.01. The molecule has 1 aliphatic rings. The van der Waals surface area contributed by atoms with Gasteiger partial charge in [-0.3, -0.25) is 4.79 Å². The molecule has 1 aliphatic carbocycles. The van der Waals surface area contributed by atoms with Crippen molar-refractivity contribution in [1.82, 2.24) is 5.32 Å². The summed E-state index contributed by atoms with van der Waals surface area (Å²) >= 11 is 0. The molecule has 1 atom stereocenters. The molecule has 24 heavy (non-hydrogen) atoms. The number of carbonyl (C=O) groups is 1. The Kier molecular flexibility index (Phi) is 5.36. The van der Waals surface area contributed by atoms with Crippen LogP contribution in [0.3, 0.4) is 0 Å². The predicted octanol–water partition coefficient (Wildman–Crippen LogP) is 3.56. The first-order valence-electron chi connectivity index (χ1n) is 8.39. The van der Waals surface area contributed by atoms with Crippen LogP contribution in [0.15, 0.2) is 54.6 Å². The topological polar surface area (TPSA) is 47.6 Å². The summed E-state index contributed by atoms with van der Waals surface area (Å²) in [4.78, 5) is 11.8. The Morgan fingerprint density at radius 2 is 1.67 bits per heavy atom. The lowest BCUT2D eigenvalue weighted by molar-refractivity contribution is -0.123. The van der Waals surface area contributed by atoms with Gasteiger partial charge < -0.3 is 14.8 Å². The van der Waals surface area contributed by atoms with E-state index < -0.39 is 0 Å². The summed E-state index contributed by atoms with van der Waals surface area (Å²) in [5.41, 5.74) is 1.12. The lowest BCUT2D eigenvalue weighted by atomic mass is 10.2. The van der Waals surface area contributed by atoms with Gasteiger partial charge >= 0.3 is 0 Å². The van der Waals surface area contributed by atoms with Gasteiger partial charge in [0.25, 0.3) is 5.91 Å². The number of hydrogen-bond acceptors (Lipinski definition) is 3. The van der Waals surface area contributed by atoms with E-state index in [9.17, 15) is 4.79 Å². The van der Waals surface area contributed by atoms with Crippen molar-refractivity contribution >= 4 is 5.91 Å². The molecule has 0 heterocycles. The van der Waals surface area contributed by atoms with Crippen LogP contribution >= 0.6 is 0 Å². The Morgan fingerprint density at radius 3 is 2.29 bits per heavy atom. The molecule has 0 radical (unpaired) electrons. The summed E-state index contributed by atoms with van der Waals surface area (Å²) in [6.07, 6.45) is 2.43. The normalized spacial score (nSPS) is 14.7. The number of benzene rings is 2. The fourth-order valence-electron chi connectivity index (χ4n) is 2.53. The van der Waals surface area contributed by atoms with Crippen LogP contribution in [0.1, 0.15) is 25.3 Å². The molecule has 1 N–H and O–H groups in total. The molecule has 2 aromatic rings. The predicted molar refractivity (Wildman–Crippen MR) is 93.0 cm³/mol. The lowest BCUT2D eigenvalue weighted by Gasteiger charge is -2.13. The summed E-state index contributed by atoms with van der Waals surface area (Å²) in [6.45, 7) is 2.62. The van der Waals surface area contributed by atoms with Crippen LogP contribution in [0.5, 0.6) is 11.5 Å². The van der Waals surface area contributed by atoms with E-state index in [4.69, 9.17) is 9.47 Å². The highest BCUT2D eigenvalue weighted by Crippen LogP contribution is 2.32. The zero-order valence-corrected chi connectivity index (χ0v) is 13.9. The maximum absolute atomic E-state index is 11.8. The van der Waals surface area contributed by atoms with E-state index in [1.165, 1.54) is 12.8 Å². The summed E-state index contributed by atoms with van der Waals surface area (Å²) in [5.74, 6) is 2.02. The van der Waals surface area contributed by atoms with Gasteiger partial charge in [0.2, 0.25) is 0 Å². The first kappa shape index (κ1) is 16.4. The van der Waals surface area contributed by atoms with Gasteiger partial charge in [0, 0.05) is 6.04 Å². The number of rotatable bonds is 8. The van der Waals surface area contributed by atoms with Crippen LogP contribution < -0.4 is 14.8 Å². The molecule has 4 heteroatoms. The number of carbonyl (C=O) groups excluding carboxylic acids is 1. The first-order chi connectivity index (χ1) is 11.7. The highest BCUT2D eigenvalue weighted by molar-refractivity contribution is 5.77. The van der Waals surface area contributed by atoms with Gasteiger partial charge in [-0.2, -0.15) is 0 Å².